The average Bonchev–Trinajstić information content (AvgIpc) is 2.47. The monoisotopic (exact) mass is 263 g/mol. The molecule has 4 heteroatoms. The van der Waals surface area contributed by atoms with Crippen LogP contribution in [0.15, 0.2) is 24.3 Å². The zero-order chi connectivity index (χ0) is 13.5. The summed E-state index contributed by atoms with van der Waals surface area (Å²) in [5.74, 6) is 0.902. The van der Waals surface area contributed by atoms with E-state index in [1.54, 1.807) is 12.0 Å². The Morgan fingerprint density at radius 2 is 1.89 bits per heavy atom. The number of methoxy groups -OCH3 is 1. The van der Waals surface area contributed by atoms with Crippen LogP contribution in [0, 0.1) is 0 Å². The number of amides is 1. The molecule has 1 fully saturated rings. The number of carbonyl (C=O) groups excluding carboxylic acids is 1. The maximum absolute atomic E-state index is 11.9. The fourth-order valence-corrected chi connectivity index (χ4v) is 2.49. The third kappa shape index (κ3) is 4.56. The standard InChI is InChI=1S/C15H22N2O2/c1-19-14-7-5-13(6-8-14)16-15(18)9-12-17-10-3-2-4-11-17/h5-8H,2-4,9-12H2,1H3,(H,16,18)/p+1. The Morgan fingerprint density at radius 3 is 2.53 bits per heavy atom. The number of hydrogen-bond donors (Lipinski definition) is 2. The van der Waals surface area contributed by atoms with Gasteiger partial charge >= 0.3 is 0 Å². The molecule has 1 amide bonds. The van der Waals surface area contributed by atoms with Crippen molar-refractivity contribution in [3.8, 4) is 5.75 Å². The molecule has 1 aromatic carbocycles. The van der Waals surface area contributed by atoms with Gasteiger partial charge in [0.2, 0.25) is 5.91 Å². The summed E-state index contributed by atoms with van der Waals surface area (Å²) in [4.78, 5) is 13.4. The molecule has 0 saturated carbocycles. The molecule has 1 heterocycles. The largest absolute Gasteiger partial charge is 0.497 e. The van der Waals surface area contributed by atoms with E-state index in [-0.39, 0.29) is 5.91 Å². The van der Waals surface area contributed by atoms with E-state index in [1.807, 2.05) is 24.3 Å². The number of rotatable bonds is 5. The maximum Gasteiger partial charge on any atom is 0.230 e. The van der Waals surface area contributed by atoms with Crippen LogP contribution in [0.5, 0.6) is 5.75 Å². The van der Waals surface area contributed by atoms with Crippen LogP contribution in [0.1, 0.15) is 25.7 Å². The molecule has 1 aromatic rings. The molecule has 0 radical (unpaired) electrons. The Balaban J connectivity index is 1.73. The highest BCUT2D eigenvalue weighted by Gasteiger charge is 2.14. The molecule has 1 aliphatic rings. The molecule has 0 bridgehead atoms. The van der Waals surface area contributed by atoms with E-state index in [9.17, 15) is 4.79 Å². The van der Waals surface area contributed by atoms with E-state index in [0.717, 1.165) is 18.0 Å². The van der Waals surface area contributed by atoms with E-state index in [0.29, 0.717) is 6.42 Å². The highest BCUT2D eigenvalue weighted by atomic mass is 16.5. The van der Waals surface area contributed by atoms with Crippen LogP contribution in [-0.4, -0.2) is 32.7 Å². The van der Waals surface area contributed by atoms with Gasteiger partial charge in [0.1, 0.15) is 5.75 Å². The smallest absolute Gasteiger partial charge is 0.230 e. The van der Waals surface area contributed by atoms with E-state index in [1.165, 1.54) is 32.4 Å². The van der Waals surface area contributed by atoms with Crippen LogP contribution in [-0.2, 0) is 4.79 Å². The van der Waals surface area contributed by atoms with Gasteiger partial charge in [0, 0.05) is 5.69 Å². The molecule has 0 atom stereocenters. The van der Waals surface area contributed by atoms with Crippen LogP contribution in [0.4, 0.5) is 5.69 Å². The molecule has 0 aromatic heterocycles. The molecule has 2 rings (SSSR count). The summed E-state index contributed by atoms with van der Waals surface area (Å²) in [6, 6.07) is 7.44. The second-order valence-corrected chi connectivity index (χ2v) is 5.09. The molecule has 0 unspecified atom stereocenters. The van der Waals surface area contributed by atoms with Crippen LogP contribution in [0.25, 0.3) is 0 Å². The molecule has 0 aliphatic carbocycles. The number of benzene rings is 1. The van der Waals surface area contributed by atoms with Crippen molar-refractivity contribution in [3.63, 3.8) is 0 Å². The van der Waals surface area contributed by atoms with Crippen LogP contribution >= 0.6 is 0 Å². The Morgan fingerprint density at radius 1 is 1.21 bits per heavy atom. The number of carbonyl (C=O) groups is 1. The van der Waals surface area contributed by atoms with Gasteiger partial charge in [-0.3, -0.25) is 4.79 Å². The quantitative estimate of drug-likeness (QED) is 0.835. The Labute approximate surface area is 114 Å². The zero-order valence-electron chi connectivity index (χ0n) is 11.6. The molecule has 1 aliphatic heterocycles. The number of ether oxygens (including phenoxy) is 1. The summed E-state index contributed by atoms with van der Waals surface area (Å²) < 4.78 is 5.08. The minimum atomic E-state index is 0.100. The summed E-state index contributed by atoms with van der Waals surface area (Å²) in [7, 11) is 1.63. The Kier molecular flexibility index (Phi) is 5.21. The highest BCUT2D eigenvalue weighted by molar-refractivity contribution is 5.90. The van der Waals surface area contributed by atoms with Gasteiger partial charge in [0.15, 0.2) is 0 Å². The molecular weight excluding hydrogens is 240 g/mol. The minimum Gasteiger partial charge on any atom is -0.497 e. The fourth-order valence-electron chi connectivity index (χ4n) is 2.49. The number of piperidine rings is 1. The third-order valence-electron chi connectivity index (χ3n) is 3.64. The molecule has 104 valence electrons. The highest BCUT2D eigenvalue weighted by Crippen LogP contribution is 2.14. The number of quaternary nitrogens is 1. The van der Waals surface area contributed by atoms with Gasteiger partial charge in [-0.05, 0) is 43.5 Å². The number of anilines is 1. The fraction of sp³-hybridized carbons (Fsp3) is 0.533. The third-order valence-corrected chi connectivity index (χ3v) is 3.64. The Hall–Kier alpha value is -1.55. The van der Waals surface area contributed by atoms with E-state index < -0.39 is 0 Å². The second kappa shape index (κ2) is 7.14. The molecular formula is C15H23N2O2+. The van der Waals surface area contributed by atoms with Crippen LogP contribution < -0.4 is 15.0 Å². The van der Waals surface area contributed by atoms with Gasteiger partial charge in [-0.1, -0.05) is 0 Å². The van der Waals surface area contributed by atoms with E-state index in [2.05, 4.69) is 5.32 Å². The molecule has 2 N–H and O–H groups in total. The molecule has 1 saturated heterocycles. The SMILES string of the molecule is COc1ccc(NC(=O)CC[NH+]2CCCCC2)cc1. The maximum atomic E-state index is 11.9. The first-order chi connectivity index (χ1) is 9.28. The van der Waals surface area contributed by atoms with Crippen molar-refractivity contribution in [1.29, 1.82) is 0 Å². The predicted molar refractivity (Wildman–Crippen MR) is 75.7 cm³/mol. The first kappa shape index (κ1) is 13.9. The Bertz CT molecular complexity index is 397. The van der Waals surface area contributed by atoms with Crippen molar-refractivity contribution in [1.82, 2.24) is 0 Å². The van der Waals surface area contributed by atoms with Crippen molar-refractivity contribution in [2.45, 2.75) is 25.7 Å². The molecule has 19 heavy (non-hydrogen) atoms. The van der Waals surface area contributed by atoms with Crippen molar-refractivity contribution < 1.29 is 14.4 Å². The van der Waals surface area contributed by atoms with Gasteiger partial charge < -0.3 is 15.0 Å². The van der Waals surface area contributed by atoms with E-state index in [4.69, 9.17) is 4.74 Å². The average molecular weight is 263 g/mol. The van der Waals surface area contributed by atoms with Crippen molar-refractivity contribution in [3.05, 3.63) is 24.3 Å². The van der Waals surface area contributed by atoms with Gasteiger partial charge in [0.05, 0.1) is 33.2 Å². The lowest BCUT2D eigenvalue weighted by Gasteiger charge is -2.23. The normalized spacial score (nSPS) is 16.1. The van der Waals surface area contributed by atoms with Crippen molar-refractivity contribution >= 4 is 11.6 Å². The topological polar surface area (TPSA) is 42.8 Å². The summed E-state index contributed by atoms with van der Waals surface area (Å²) in [5, 5.41) is 2.92. The first-order valence-corrected chi connectivity index (χ1v) is 7.05. The van der Waals surface area contributed by atoms with Gasteiger partial charge in [-0.15, -0.1) is 0 Å². The zero-order valence-corrected chi connectivity index (χ0v) is 11.6. The lowest BCUT2D eigenvalue weighted by atomic mass is 10.1. The summed E-state index contributed by atoms with van der Waals surface area (Å²) >= 11 is 0. The van der Waals surface area contributed by atoms with Gasteiger partial charge in [-0.2, -0.15) is 0 Å². The van der Waals surface area contributed by atoms with Gasteiger partial charge in [0.25, 0.3) is 0 Å². The first-order valence-electron chi connectivity index (χ1n) is 7.05. The molecule has 0 spiro atoms. The lowest BCUT2D eigenvalue weighted by molar-refractivity contribution is -0.904. The summed E-state index contributed by atoms with van der Waals surface area (Å²) in [5.41, 5.74) is 0.833. The molecule has 4 nitrogen and oxygen atoms in total. The minimum absolute atomic E-state index is 0.100. The number of nitrogens with one attached hydrogen (secondary N) is 2. The van der Waals surface area contributed by atoms with Crippen LogP contribution in [0.2, 0.25) is 0 Å². The number of likely N-dealkylation sites (tertiary alicyclic amines) is 1. The van der Waals surface area contributed by atoms with Gasteiger partial charge in [-0.25, -0.2) is 0 Å². The van der Waals surface area contributed by atoms with Crippen molar-refractivity contribution in [2.24, 2.45) is 0 Å². The second-order valence-electron chi connectivity index (χ2n) is 5.09. The summed E-state index contributed by atoms with van der Waals surface area (Å²) in [6.07, 6.45) is 4.55. The predicted octanol–water partition coefficient (Wildman–Crippen LogP) is 1.09. The van der Waals surface area contributed by atoms with Crippen LogP contribution in [0.3, 0.4) is 0 Å². The summed E-state index contributed by atoms with van der Waals surface area (Å²) in [6.45, 7) is 3.38. The number of hydrogen-bond acceptors (Lipinski definition) is 2. The van der Waals surface area contributed by atoms with Crippen molar-refractivity contribution in [2.75, 3.05) is 32.1 Å². The van der Waals surface area contributed by atoms with E-state index >= 15 is 0 Å². The lowest BCUT2D eigenvalue weighted by Crippen LogP contribution is -3.12.